The number of anilines is 1. The molecule has 34 heavy (non-hydrogen) atoms. The quantitative estimate of drug-likeness (QED) is 0.582. The Bertz CT molecular complexity index is 1110. The number of aromatic nitrogens is 4. The van der Waals surface area contributed by atoms with Gasteiger partial charge in [0.1, 0.15) is 5.69 Å². The Labute approximate surface area is 193 Å². The molecule has 0 saturated carbocycles. The fourth-order valence-corrected chi connectivity index (χ4v) is 3.27. The Morgan fingerprint density at radius 1 is 1.09 bits per heavy atom. The summed E-state index contributed by atoms with van der Waals surface area (Å²) in [4.78, 5) is 36.6. The first kappa shape index (κ1) is 24.7. The Morgan fingerprint density at radius 2 is 1.68 bits per heavy atom. The van der Waals surface area contributed by atoms with Crippen molar-refractivity contribution >= 4 is 17.8 Å². The molecular formula is C22H23F3N6O3. The van der Waals surface area contributed by atoms with Crippen LogP contribution in [0.25, 0.3) is 11.1 Å². The van der Waals surface area contributed by atoms with Crippen molar-refractivity contribution in [3.63, 3.8) is 0 Å². The van der Waals surface area contributed by atoms with Crippen molar-refractivity contribution < 1.29 is 27.9 Å². The lowest BCUT2D eigenvalue weighted by Crippen LogP contribution is -2.24. The number of nitrogens with zero attached hydrogens (tertiary/aromatic N) is 5. The molecule has 3 aromatic rings. The SMILES string of the molecule is Cn1cc(-c2cnc(N3CCCC3)nc2)cc1C(=O)NCc1ccncc1.O=C(O)C(F)(F)F. The molecule has 4 heterocycles. The number of alkyl halides is 3. The van der Waals surface area contributed by atoms with Gasteiger partial charge in [-0.25, -0.2) is 14.8 Å². The number of carbonyl (C=O) groups is 2. The van der Waals surface area contributed by atoms with Crippen LogP contribution in [-0.2, 0) is 18.4 Å². The predicted molar refractivity (Wildman–Crippen MR) is 117 cm³/mol. The number of hydrogen-bond donors (Lipinski definition) is 2. The number of amides is 1. The second kappa shape index (κ2) is 10.8. The fourth-order valence-electron chi connectivity index (χ4n) is 3.27. The molecule has 9 nitrogen and oxygen atoms in total. The Kier molecular flexibility index (Phi) is 7.82. The summed E-state index contributed by atoms with van der Waals surface area (Å²) in [5, 5.41) is 10.1. The Morgan fingerprint density at radius 3 is 2.24 bits per heavy atom. The third-order valence-corrected chi connectivity index (χ3v) is 5.04. The number of aliphatic carboxylic acids is 1. The first-order valence-corrected chi connectivity index (χ1v) is 10.4. The van der Waals surface area contributed by atoms with Crippen molar-refractivity contribution in [3.8, 4) is 11.1 Å². The van der Waals surface area contributed by atoms with Crippen LogP contribution in [0.3, 0.4) is 0 Å². The highest BCUT2D eigenvalue weighted by molar-refractivity contribution is 5.94. The fraction of sp³-hybridized carbons (Fsp3) is 0.318. The van der Waals surface area contributed by atoms with Gasteiger partial charge in [0.05, 0.1) is 0 Å². The molecule has 0 spiro atoms. The van der Waals surface area contributed by atoms with Crippen molar-refractivity contribution in [3.05, 3.63) is 60.4 Å². The number of carboxylic acid groups (broad SMARTS) is 1. The summed E-state index contributed by atoms with van der Waals surface area (Å²) in [5.41, 5.74) is 3.45. The van der Waals surface area contributed by atoms with Crippen LogP contribution in [0.1, 0.15) is 28.9 Å². The molecule has 0 aromatic carbocycles. The van der Waals surface area contributed by atoms with Gasteiger partial charge in [-0.1, -0.05) is 0 Å². The van der Waals surface area contributed by atoms with Gasteiger partial charge in [0, 0.05) is 68.8 Å². The third kappa shape index (κ3) is 6.53. The van der Waals surface area contributed by atoms with E-state index < -0.39 is 12.1 Å². The van der Waals surface area contributed by atoms with E-state index in [1.807, 2.05) is 48.4 Å². The Balaban J connectivity index is 0.000000406. The zero-order valence-electron chi connectivity index (χ0n) is 18.3. The smallest absolute Gasteiger partial charge is 0.475 e. The number of carbonyl (C=O) groups excluding carboxylic acids is 1. The molecule has 0 unspecified atom stereocenters. The molecule has 12 heteroatoms. The Hall–Kier alpha value is -3.96. The number of hydrogen-bond acceptors (Lipinski definition) is 6. The normalized spacial score (nSPS) is 13.2. The van der Waals surface area contributed by atoms with Crippen LogP contribution in [-0.4, -0.2) is 55.8 Å². The van der Waals surface area contributed by atoms with Gasteiger partial charge in [-0.3, -0.25) is 9.78 Å². The van der Waals surface area contributed by atoms with Crippen molar-refractivity contribution in [1.82, 2.24) is 24.8 Å². The van der Waals surface area contributed by atoms with Gasteiger partial charge in [-0.15, -0.1) is 0 Å². The molecule has 2 N–H and O–H groups in total. The molecule has 3 aromatic heterocycles. The molecule has 0 bridgehead atoms. The largest absolute Gasteiger partial charge is 0.490 e. The summed E-state index contributed by atoms with van der Waals surface area (Å²) in [6.45, 7) is 2.51. The van der Waals surface area contributed by atoms with Crippen molar-refractivity contribution in [2.24, 2.45) is 7.05 Å². The number of halogens is 3. The van der Waals surface area contributed by atoms with Gasteiger partial charge >= 0.3 is 12.1 Å². The molecule has 1 amide bonds. The van der Waals surface area contributed by atoms with Gasteiger partial charge in [0.15, 0.2) is 0 Å². The number of carboxylic acids is 1. The maximum Gasteiger partial charge on any atom is 0.490 e. The lowest BCUT2D eigenvalue weighted by molar-refractivity contribution is -0.192. The topological polar surface area (TPSA) is 113 Å². The second-order valence-electron chi connectivity index (χ2n) is 7.53. The van der Waals surface area contributed by atoms with Gasteiger partial charge in [0.2, 0.25) is 5.95 Å². The lowest BCUT2D eigenvalue weighted by Gasteiger charge is -2.14. The van der Waals surface area contributed by atoms with E-state index in [4.69, 9.17) is 9.90 Å². The highest BCUT2D eigenvalue weighted by Gasteiger charge is 2.38. The number of pyridine rings is 1. The molecule has 1 saturated heterocycles. The van der Waals surface area contributed by atoms with Crippen LogP contribution in [0.4, 0.5) is 19.1 Å². The van der Waals surface area contributed by atoms with E-state index in [-0.39, 0.29) is 5.91 Å². The van der Waals surface area contributed by atoms with Gasteiger partial charge in [-0.05, 0) is 36.6 Å². The summed E-state index contributed by atoms with van der Waals surface area (Å²) in [5.74, 6) is -2.09. The standard InChI is InChI=1S/C20H22N6O.C2HF3O2/c1-25-14-16(17-12-23-20(24-13-17)26-8-2-3-9-26)10-18(25)19(27)22-11-15-4-6-21-7-5-15;3-2(4,5)1(6)7/h4-7,10,12-14H,2-3,8-9,11H2,1H3,(H,22,27);(H,6,7). The van der Waals surface area contributed by atoms with Crippen LogP contribution in [0.15, 0.2) is 49.2 Å². The van der Waals surface area contributed by atoms with E-state index in [1.165, 1.54) is 12.8 Å². The summed E-state index contributed by atoms with van der Waals surface area (Å²) < 4.78 is 33.6. The van der Waals surface area contributed by atoms with Crippen LogP contribution in [0, 0.1) is 0 Å². The van der Waals surface area contributed by atoms with E-state index in [9.17, 15) is 18.0 Å². The minimum Gasteiger partial charge on any atom is -0.475 e. The first-order valence-electron chi connectivity index (χ1n) is 10.4. The van der Waals surface area contributed by atoms with E-state index in [2.05, 4.69) is 25.2 Å². The van der Waals surface area contributed by atoms with Gasteiger partial charge in [0.25, 0.3) is 5.91 Å². The van der Waals surface area contributed by atoms with Crippen LogP contribution in [0.2, 0.25) is 0 Å². The van der Waals surface area contributed by atoms with E-state index in [0.717, 1.165) is 35.7 Å². The zero-order valence-corrected chi connectivity index (χ0v) is 18.3. The predicted octanol–water partition coefficient (Wildman–Crippen LogP) is 3.04. The monoisotopic (exact) mass is 476 g/mol. The molecule has 0 atom stereocenters. The molecule has 1 fully saturated rings. The summed E-state index contributed by atoms with van der Waals surface area (Å²) in [6, 6.07) is 5.64. The van der Waals surface area contributed by atoms with Crippen molar-refractivity contribution in [2.45, 2.75) is 25.6 Å². The van der Waals surface area contributed by atoms with Crippen LogP contribution in [0.5, 0.6) is 0 Å². The van der Waals surface area contributed by atoms with E-state index >= 15 is 0 Å². The maximum absolute atomic E-state index is 12.5. The summed E-state index contributed by atoms with van der Waals surface area (Å²) in [6.07, 6.45) is 6.32. The highest BCUT2D eigenvalue weighted by atomic mass is 19.4. The summed E-state index contributed by atoms with van der Waals surface area (Å²) >= 11 is 0. The van der Waals surface area contributed by atoms with Crippen molar-refractivity contribution in [2.75, 3.05) is 18.0 Å². The van der Waals surface area contributed by atoms with Crippen LogP contribution >= 0.6 is 0 Å². The molecular weight excluding hydrogens is 453 g/mol. The zero-order chi connectivity index (χ0) is 24.7. The minimum atomic E-state index is -5.08. The average Bonchev–Trinajstić information content (AvgIpc) is 3.48. The molecule has 1 aliphatic heterocycles. The number of rotatable bonds is 5. The maximum atomic E-state index is 12.5. The number of nitrogens with one attached hydrogen (secondary N) is 1. The molecule has 1 aliphatic rings. The third-order valence-electron chi connectivity index (χ3n) is 5.04. The molecule has 180 valence electrons. The minimum absolute atomic E-state index is 0.116. The molecule has 0 radical (unpaired) electrons. The molecule has 0 aliphatic carbocycles. The number of aryl methyl sites for hydroxylation is 1. The van der Waals surface area contributed by atoms with E-state index in [1.54, 1.807) is 12.4 Å². The van der Waals surface area contributed by atoms with Gasteiger partial charge in [-0.2, -0.15) is 13.2 Å². The molecule has 4 rings (SSSR count). The van der Waals surface area contributed by atoms with Crippen molar-refractivity contribution in [1.29, 1.82) is 0 Å². The van der Waals surface area contributed by atoms with Crippen LogP contribution < -0.4 is 10.2 Å². The second-order valence-corrected chi connectivity index (χ2v) is 7.53. The summed E-state index contributed by atoms with van der Waals surface area (Å²) in [7, 11) is 1.87. The highest BCUT2D eigenvalue weighted by Crippen LogP contribution is 2.23. The first-order chi connectivity index (χ1) is 16.1. The average molecular weight is 476 g/mol. The van der Waals surface area contributed by atoms with Gasteiger partial charge < -0.3 is 19.9 Å². The van der Waals surface area contributed by atoms with E-state index in [0.29, 0.717) is 12.2 Å². The lowest BCUT2D eigenvalue weighted by atomic mass is 10.2.